The van der Waals surface area contributed by atoms with E-state index in [1.807, 2.05) is 0 Å². The van der Waals surface area contributed by atoms with Crippen LogP contribution in [0.4, 0.5) is 0 Å². The third-order valence-corrected chi connectivity index (χ3v) is 3.53. The molecule has 1 aromatic carbocycles. The van der Waals surface area contributed by atoms with E-state index in [9.17, 15) is 0 Å². The molecule has 1 saturated heterocycles. The van der Waals surface area contributed by atoms with Crippen molar-refractivity contribution >= 4 is 12.4 Å². The fourth-order valence-electron chi connectivity index (χ4n) is 2.57. The second-order valence-corrected chi connectivity index (χ2v) is 5.36. The van der Waals surface area contributed by atoms with Crippen molar-refractivity contribution < 1.29 is 4.74 Å². The monoisotopic (exact) mass is 284 g/mol. The van der Waals surface area contributed by atoms with Crippen molar-refractivity contribution in [3.8, 4) is 0 Å². The number of nitrogens with zero attached hydrogens (tertiary/aromatic N) is 1. The highest BCUT2D eigenvalue weighted by atomic mass is 35.5. The number of rotatable bonds is 5. The zero-order valence-corrected chi connectivity index (χ0v) is 12.6. The lowest BCUT2D eigenvalue weighted by Gasteiger charge is -2.17. The van der Waals surface area contributed by atoms with Crippen LogP contribution in [0.3, 0.4) is 0 Å². The molecule has 19 heavy (non-hydrogen) atoms. The second kappa shape index (κ2) is 7.85. The summed E-state index contributed by atoms with van der Waals surface area (Å²) in [7, 11) is 0. The summed E-state index contributed by atoms with van der Waals surface area (Å²) in [6, 6.07) is 10.8. The number of hydrogen-bond acceptors (Lipinski definition) is 3. The molecule has 2 N–H and O–H groups in total. The fraction of sp³-hybridized carbons (Fsp3) is 0.600. The maximum atomic E-state index is 6.25. The first kappa shape index (κ1) is 16.4. The Morgan fingerprint density at radius 3 is 2.58 bits per heavy atom. The minimum absolute atomic E-state index is 0. The number of benzene rings is 1. The van der Waals surface area contributed by atoms with Gasteiger partial charge in [0.05, 0.1) is 12.7 Å². The summed E-state index contributed by atoms with van der Waals surface area (Å²) >= 11 is 0. The van der Waals surface area contributed by atoms with Crippen LogP contribution in [0.15, 0.2) is 30.3 Å². The van der Waals surface area contributed by atoms with Crippen molar-refractivity contribution in [1.29, 1.82) is 0 Å². The Bertz CT molecular complexity index is 358. The molecule has 0 amide bonds. The number of likely N-dealkylation sites (tertiary alicyclic amines) is 1. The molecular formula is C15H25ClN2O. The van der Waals surface area contributed by atoms with Crippen LogP contribution < -0.4 is 5.73 Å². The van der Waals surface area contributed by atoms with E-state index in [2.05, 4.69) is 49.1 Å². The molecule has 108 valence electrons. The molecule has 0 unspecified atom stereocenters. The second-order valence-electron chi connectivity index (χ2n) is 5.36. The molecule has 0 radical (unpaired) electrons. The van der Waals surface area contributed by atoms with Crippen LogP contribution in [-0.4, -0.2) is 43.3 Å². The molecule has 1 aliphatic rings. The third kappa shape index (κ3) is 4.77. The Hall–Kier alpha value is -0.610. The van der Waals surface area contributed by atoms with Crippen molar-refractivity contribution in [2.45, 2.75) is 31.9 Å². The summed E-state index contributed by atoms with van der Waals surface area (Å²) in [6.07, 6.45) is 0.311. The van der Waals surface area contributed by atoms with Gasteiger partial charge < -0.3 is 10.5 Å². The average molecular weight is 285 g/mol. The van der Waals surface area contributed by atoms with Gasteiger partial charge in [0, 0.05) is 31.6 Å². The third-order valence-electron chi connectivity index (χ3n) is 3.53. The minimum Gasteiger partial charge on any atom is -0.377 e. The van der Waals surface area contributed by atoms with E-state index in [4.69, 9.17) is 10.5 Å². The predicted molar refractivity (Wildman–Crippen MR) is 81.9 cm³/mol. The van der Waals surface area contributed by atoms with E-state index in [1.54, 1.807) is 0 Å². The van der Waals surface area contributed by atoms with Gasteiger partial charge in [-0.3, -0.25) is 4.90 Å². The summed E-state index contributed by atoms with van der Waals surface area (Å²) in [4.78, 5) is 2.41. The maximum absolute atomic E-state index is 6.25. The van der Waals surface area contributed by atoms with Crippen LogP contribution in [0.2, 0.25) is 0 Å². The van der Waals surface area contributed by atoms with Gasteiger partial charge in [0.1, 0.15) is 0 Å². The number of hydrogen-bond donors (Lipinski definition) is 1. The summed E-state index contributed by atoms with van der Waals surface area (Å²) < 4.78 is 5.60. The molecule has 1 aliphatic heterocycles. The lowest BCUT2D eigenvalue weighted by molar-refractivity contribution is 0.0631. The Labute approximate surface area is 122 Å². The first-order chi connectivity index (χ1) is 8.66. The molecule has 0 bridgehead atoms. The lowest BCUT2D eigenvalue weighted by Crippen LogP contribution is -2.30. The molecule has 2 rings (SSSR count). The van der Waals surface area contributed by atoms with Crippen LogP contribution in [0, 0.1) is 0 Å². The SMILES string of the molecule is CC(C)OCCN1C[C@@H](N)[C@H](c2ccccc2)C1.Cl. The first-order valence-electron chi connectivity index (χ1n) is 6.81. The van der Waals surface area contributed by atoms with Crippen LogP contribution in [0.25, 0.3) is 0 Å². The van der Waals surface area contributed by atoms with E-state index in [-0.39, 0.29) is 18.4 Å². The Morgan fingerprint density at radius 1 is 1.26 bits per heavy atom. The zero-order valence-electron chi connectivity index (χ0n) is 11.8. The predicted octanol–water partition coefficient (Wildman–Crippen LogP) is 2.26. The van der Waals surface area contributed by atoms with Crippen molar-refractivity contribution in [3.63, 3.8) is 0 Å². The standard InChI is InChI=1S/C15H24N2O.ClH/c1-12(2)18-9-8-17-10-14(15(16)11-17)13-6-4-3-5-7-13;/h3-7,12,14-15H,8-11,16H2,1-2H3;1H/t14-,15+;/m0./s1. The van der Waals surface area contributed by atoms with Crippen LogP contribution in [0.5, 0.6) is 0 Å². The fourth-order valence-corrected chi connectivity index (χ4v) is 2.57. The van der Waals surface area contributed by atoms with Crippen LogP contribution in [0.1, 0.15) is 25.3 Å². The van der Waals surface area contributed by atoms with Gasteiger partial charge in [0.2, 0.25) is 0 Å². The smallest absolute Gasteiger partial charge is 0.0596 e. The van der Waals surface area contributed by atoms with Gasteiger partial charge in [-0.25, -0.2) is 0 Å². The minimum atomic E-state index is 0. The Balaban J connectivity index is 0.00000180. The van der Waals surface area contributed by atoms with Gasteiger partial charge >= 0.3 is 0 Å². The van der Waals surface area contributed by atoms with E-state index in [0.717, 1.165) is 26.2 Å². The first-order valence-corrected chi connectivity index (χ1v) is 6.81. The lowest BCUT2D eigenvalue weighted by atomic mass is 9.95. The van der Waals surface area contributed by atoms with Gasteiger partial charge in [0.15, 0.2) is 0 Å². The molecule has 1 heterocycles. The van der Waals surface area contributed by atoms with E-state index >= 15 is 0 Å². The molecule has 3 nitrogen and oxygen atoms in total. The molecule has 4 heteroatoms. The van der Waals surface area contributed by atoms with Crippen molar-refractivity contribution in [2.75, 3.05) is 26.2 Å². The van der Waals surface area contributed by atoms with Crippen molar-refractivity contribution in [1.82, 2.24) is 4.90 Å². The summed E-state index contributed by atoms with van der Waals surface area (Å²) in [5.74, 6) is 0.463. The summed E-state index contributed by atoms with van der Waals surface area (Å²) in [5.41, 5.74) is 7.61. The molecule has 0 aromatic heterocycles. The van der Waals surface area contributed by atoms with E-state index < -0.39 is 0 Å². The molecule has 2 atom stereocenters. The van der Waals surface area contributed by atoms with Crippen molar-refractivity contribution in [3.05, 3.63) is 35.9 Å². The van der Waals surface area contributed by atoms with Gasteiger partial charge in [-0.15, -0.1) is 12.4 Å². The number of halogens is 1. The highest BCUT2D eigenvalue weighted by molar-refractivity contribution is 5.85. The van der Waals surface area contributed by atoms with Gasteiger partial charge in [-0.2, -0.15) is 0 Å². The van der Waals surface area contributed by atoms with Gasteiger partial charge in [-0.1, -0.05) is 30.3 Å². The van der Waals surface area contributed by atoms with E-state index in [1.165, 1.54) is 5.56 Å². The maximum Gasteiger partial charge on any atom is 0.0596 e. The largest absolute Gasteiger partial charge is 0.377 e. The van der Waals surface area contributed by atoms with Crippen LogP contribution >= 0.6 is 12.4 Å². The zero-order chi connectivity index (χ0) is 13.0. The van der Waals surface area contributed by atoms with Crippen LogP contribution in [-0.2, 0) is 4.74 Å². The van der Waals surface area contributed by atoms with Crippen molar-refractivity contribution in [2.24, 2.45) is 5.73 Å². The average Bonchev–Trinajstić information content (AvgIpc) is 2.71. The molecule has 1 aromatic rings. The number of nitrogens with two attached hydrogens (primary N) is 1. The quantitative estimate of drug-likeness (QED) is 0.901. The molecule has 0 spiro atoms. The molecule has 1 fully saturated rings. The normalized spacial score (nSPS) is 23.6. The van der Waals surface area contributed by atoms with E-state index in [0.29, 0.717) is 12.0 Å². The molecule has 0 aliphatic carbocycles. The Kier molecular flexibility index (Phi) is 6.80. The molecular weight excluding hydrogens is 260 g/mol. The van der Waals surface area contributed by atoms with Gasteiger partial charge in [-0.05, 0) is 19.4 Å². The highest BCUT2D eigenvalue weighted by Gasteiger charge is 2.30. The Morgan fingerprint density at radius 2 is 1.95 bits per heavy atom. The topological polar surface area (TPSA) is 38.5 Å². The van der Waals surface area contributed by atoms with Gasteiger partial charge in [0.25, 0.3) is 0 Å². The summed E-state index contributed by atoms with van der Waals surface area (Å²) in [6.45, 7) is 7.94. The number of ether oxygens (including phenoxy) is 1. The molecule has 0 saturated carbocycles. The summed E-state index contributed by atoms with van der Waals surface area (Å²) in [5, 5.41) is 0. The highest BCUT2D eigenvalue weighted by Crippen LogP contribution is 2.25.